The van der Waals surface area contributed by atoms with Crippen LogP contribution in [0.4, 0.5) is 20.0 Å². The zero-order valence-corrected chi connectivity index (χ0v) is 18.6. The average Bonchev–Trinajstić information content (AvgIpc) is 3.21. The lowest BCUT2D eigenvalue weighted by Crippen LogP contribution is -2.50. The van der Waals surface area contributed by atoms with Crippen molar-refractivity contribution in [3.8, 4) is 0 Å². The lowest BCUT2D eigenvalue weighted by Gasteiger charge is -2.51. The molecule has 2 heterocycles. The molecule has 3 aliphatic rings. The zero-order chi connectivity index (χ0) is 21.9. The van der Waals surface area contributed by atoms with E-state index in [1.165, 1.54) is 28.3 Å². The summed E-state index contributed by atoms with van der Waals surface area (Å²) in [5.41, 5.74) is 1.42. The Morgan fingerprint density at radius 3 is 2.87 bits per heavy atom. The number of amides is 2. The molecule has 2 aliphatic carbocycles. The molecule has 6 nitrogen and oxygen atoms in total. The van der Waals surface area contributed by atoms with E-state index < -0.39 is 11.8 Å². The monoisotopic (exact) mass is 443 g/mol. The van der Waals surface area contributed by atoms with E-state index in [9.17, 15) is 14.0 Å². The molecule has 2 aromatic rings. The topological polar surface area (TPSA) is 80.3 Å². The molecular formula is C23H26FN3O3S. The predicted molar refractivity (Wildman–Crippen MR) is 117 cm³/mol. The Morgan fingerprint density at radius 1 is 1.29 bits per heavy atom. The van der Waals surface area contributed by atoms with E-state index in [1.807, 2.05) is 6.92 Å². The summed E-state index contributed by atoms with van der Waals surface area (Å²) in [4.78, 5) is 30.6. The van der Waals surface area contributed by atoms with Crippen molar-refractivity contribution in [3.63, 3.8) is 0 Å². The van der Waals surface area contributed by atoms with E-state index in [2.05, 4.69) is 24.5 Å². The summed E-state index contributed by atoms with van der Waals surface area (Å²) in [7, 11) is 0. The second kappa shape index (κ2) is 7.29. The number of hydrogen-bond acceptors (Lipinski definition) is 5. The van der Waals surface area contributed by atoms with Crippen LogP contribution in [0.25, 0.3) is 0 Å². The van der Waals surface area contributed by atoms with Gasteiger partial charge in [-0.05, 0) is 42.9 Å². The number of rotatable bonds is 2. The Hall–Kier alpha value is -2.48. The minimum atomic E-state index is -0.452. The molecule has 164 valence electrons. The van der Waals surface area contributed by atoms with Gasteiger partial charge in [-0.2, -0.15) is 0 Å². The number of fused-ring (bicyclic) bond motifs is 4. The maximum Gasteiger partial charge on any atom is 0.325 e. The molecule has 0 unspecified atom stereocenters. The lowest BCUT2D eigenvalue weighted by atomic mass is 9.54. The maximum atomic E-state index is 13.4. The van der Waals surface area contributed by atoms with Crippen LogP contribution in [0.5, 0.6) is 0 Å². The molecule has 1 aromatic carbocycles. The molecule has 2 fully saturated rings. The standard InChI is InChI=1S/C23H26FN3O3S/c1-11-15-7-8-23(3)10-16-18(12(2)17(23)19(15)30-20(11)28)26-22(31-16)27-21(29)25-14-6-4-5-13(24)9-14/h4-6,9,11-12,15,17,19H,7-8,10H2,1-3H3,(H2,25,26,27,29)/t11-,12-,15-,17+,19-,23+/m0/s1. The Bertz CT molecular complexity index is 1060. The number of hydrogen-bond donors (Lipinski definition) is 2. The first kappa shape index (κ1) is 20.4. The summed E-state index contributed by atoms with van der Waals surface area (Å²) in [6.07, 6.45) is 2.88. The quantitative estimate of drug-likeness (QED) is 0.627. The first-order chi connectivity index (χ1) is 14.7. The van der Waals surface area contributed by atoms with E-state index in [0.29, 0.717) is 10.8 Å². The van der Waals surface area contributed by atoms with Gasteiger partial charge in [-0.3, -0.25) is 10.1 Å². The van der Waals surface area contributed by atoms with Crippen LogP contribution in [-0.2, 0) is 16.0 Å². The maximum absolute atomic E-state index is 13.4. The van der Waals surface area contributed by atoms with Crippen LogP contribution in [0.3, 0.4) is 0 Å². The van der Waals surface area contributed by atoms with Crippen molar-refractivity contribution in [1.29, 1.82) is 0 Å². The van der Waals surface area contributed by atoms with E-state index in [0.717, 1.165) is 25.0 Å². The number of anilines is 2. The molecule has 1 aliphatic heterocycles. The van der Waals surface area contributed by atoms with Crippen LogP contribution in [0.1, 0.15) is 50.1 Å². The van der Waals surface area contributed by atoms with Crippen molar-refractivity contribution >= 4 is 34.2 Å². The fourth-order valence-corrected chi connectivity index (χ4v) is 7.22. The fourth-order valence-electron chi connectivity index (χ4n) is 5.96. The Labute approximate surface area is 184 Å². The number of carbonyl (C=O) groups is 2. The van der Waals surface area contributed by atoms with Crippen molar-refractivity contribution in [1.82, 2.24) is 4.98 Å². The zero-order valence-electron chi connectivity index (χ0n) is 17.8. The molecule has 2 N–H and O–H groups in total. The Balaban J connectivity index is 1.37. The molecule has 8 heteroatoms. The highest BCUT2D eigenvalue weighted by Gasteiger charge is 2.58. The second-order valence-electron chi connectivity index (χ2n) is 9.45. The van der Waals surface area contributed by atoms with Crippen molar-refractivity contribution < 1.29 is 18.7 Å². The molecule has 6 atom stereocenters. The van der Waals surface area contributed by atoms with Gasteiger partial charge >= 0.3 is 12.0 Å². The molecule has 0 radical (unpaired) electrons. The third-order valence-corrected chi connectivity index (χ3v) is 8.45. The van der Waals surface area contributed by atoms with Gasteiger partial charge in [-0.1, -0.05) is 26.8 Å². The molecule has 0 bridgehead atoms. The lowest BCUT2D eigenvalue weighted by molar-refractivity contribution is -0.149. The Morgan fingerprint density at radius 2 is 2.10 bits per heavy atom. The van der Waals surface area contributed by atoms with E-state index in [4.69, 9.17) is 9.72 Å². The summed E-state index contributed by atoms with van der Waals surface area (Å²) < 4.78 is 19.2. The summed E-state index contributed by atoms with van der Waals surface area (Å²) in [5, 5.41) is 5.96. The number of nitrogens with one attached hydrogen (secondary N) is 2. The molecule has 31 heavy (non-hydrogen) atoms. The van der Waals surface area contributed by atoms with Crippen LogP contribution in [0.2, 0.25) is 0 Å². The van der Waals surface area contributed by atoms with Gasteiger partial charge in [0.15, 0.2) is 5.13 Å². The van der Waals surface area contributed by atoms with E-state index >= 15 is 0 Å². The first-order valence-corrected chi connectivity index (χ1v) is 11.6. The number of carbonyl (C=O) groups excluding carboxylic acids is 2. The molecule has 2 amide bonds. The highest BCUT2D eigenvalue weighted by atomic mass is 32.1. The SMILES string of the molecule is C[C@@H]1C(=O)O[C@H]2[C@H]1CC[C@]1(C)Cc3sc(NC(=O)Nc4cccc(F)c4)nc3[C@@H](C)[C@H]21. The van der Waals surface area contributed by atoms with Gasteiger partial charge in [0.2, 0.25) is 0 Å². The number of ether oxygens (including phenoxy) is 1. The van der Waals surface area contributed by atoms with Gasteiger partial charge in [0.05, 0.1) is 11.6 Å². The number of thiazole rings is 1. The smallest absolute Gasteiger partial charge is 0.325 e. The molecule has 0 spiro atoms. The van der Waals surface area contributed by atoms with E-state index in [-0.39, 0.29) is 41.2 Å². The largest absolute Gasteiger partial charge is 0.461 e. The van der Waals surface area contributed by atoms with Crippen molar-refractivity contribution in [3.05, 3.63) is 40.7 Å². The molecule has 1 aromatic heterocycles. The highest BCUT2D eigenvalue weighted by molar-refractivity contribution is 7.15. The van der Waals surface area contributed by atoms with Gasteiger partial charge < -0.3 is 10.1 Å². The van der Waals surface area contributed by atoms with E-state index in [1.54, 1.807) is 12.1 Å². The summed E-state index contributed by atoms with van der Waals surface area (Å²) in [5.74, 6) is 0.117. The Kier molecular flexibility index (Phi) is 4.80. The predicted octanol–water partition coefficient (Wildman–Crippen LogP) is 5.18. The third-order valence-electron chi connectivity index (χ3n) is 7.46. The minimum absolute atomic E-state index is 0.0395. The number of benzene rings is 1. The number of nitrogens with zero attached hydrogens (tertiary/aromatic N) is 1. The molecule has 1 saturated carbocycles. The second-order valence-corrected chi connectivity index (χ2v) is 10.5. The van der Waals surface area contributed by atoms with Crippen molar-refractivity contribution in [2.75, 3.05) is 10.6 Å². The molecule has 5 rings (SSSR count). The molecular weight excluding hydrogens is 417 g/mol. The average molecular weight is 444 g/mol. The van der Waals surface area contributed by atoms with Crippen LogP contribution < -0.4 is 10.6 Å². The number of urea groups is 1. The summed E-state index contributed by atoms with van der Waals surface area (Å²) in [6.45, 7) is 6.45. The van der Waals surface area contributed by atoms with Crippen LogP contribution in [0, 0.1) is 29.0 Å². The number of esters is 1. The van der Waals surface area contributed by atoms with Gasteiger partial charge in [0.25, 0.3) is 0 Å². The van der Waals surface area contributed by atoms with Crippen molar-refractivity contribution in [2.24, 2.45) is 23.2 Å². The number of aromatic nitrogens is 1. The van der Waals surface area contributed by atoms with Crippen LogP contribution >= 0.6 is 11.3 Å². The molecule has 1 saturated heterocycles. The van der Waals surface area contributed by atoms with Gasteiger partial charge in [0.1, 0.15) is 11.9 Å². The highest BCUT2D eigenvalue weighted by Crippen LogP contribution is 2.59. The van der Waals surface area contributed by atoms with Gasteiger partial charge in [-0.25, -0.2) is 14.2 Å². The normalized spacial score (nSPS) is 33.7. The van der Waals surface area contributed by atoms with Gasteiger partial charge in [0, 0.05) is 28.3 Å². The van der Waals surface area contributed by atoms with Crippen LogP contribution in [-0.4, -0.2) is 23.1 Å². The summed E-state index contributed by atoms with van der Waals surface area (Å²) in [6, 6.07) is 5.31. The number of halogens is 1. The minimum Gasteiger partial charge on any atom is -0.461 e. The van der Waals surface area contributed by atoms with Gasteiger partial charge in [-0.15, -0.1) is 11.3 Å². The van der Waals surface area contributed by atoms with Crippen molar-refractivity contribution in [2.45, 2.75) is 52.1 Å². The first-order valence-electron chi connectivity index (χ1n) is 10.8. The third kappa shape index (κ3) is 3.41. The van der Waals surface area contributed by atoms with Crippen LogP contribution in [0.15, 0.2) is 24.3 Å². The summed E-state index contributed by atoms with van der Waals surface area (Å²) >= 11 is 1.50. The fraction of sp³-hybridized carbons (Fsp3) is 0.522.